The number of nitrogens with zero attached hydrogens (tertiary/aromatic N) is 1. The smallest absolute Gasteiger partial charge is 0.126 e. The fourth-order valence-electron chi connectivity index (χ4n) is 1.83. The van der Waals surface area contributed by atoms with Crippen molar-refractivity contribution in [2.24, 2.45) is 0 Å². The Bertz CT molecular complexity index is 532. The lowest BCUT2D eigenvalue weighted by Crippen LogP contribution is -1.98. The van der Waals surface area contributed by atoms with Crippen molar-refractivity contribution in [2.45, 2.75) is 23.6 Å². The Morgan fingerprint density at radius 3 is 2.89 bits per heavy atom. The topological polar surface area (TPSA) is 22.1 Å². The largest absolute Gasteiger partial charge is 0.496 e. The number of halogens is 1. The third kappa shape index (κ3) is 2.90. The van der Waals surface area contributed by atoms with Gasteiger partial charge in [0.25, 0.3) is 0 Å². The summed E-state index contributed by atoms with van der Waals surface area (Å²) in [5.41, 5.74) is 0. The zero-order chi connectivity index (χ0) is 13.0. The number of benzene rings is 1. The molecule has 0 saturated heterocycles. The van der Waals surface area contributed by atoms with Crippen molar-refractivity contribution in [3.05, 3.63) is 30.5 Å². The minimum Gasteiger partial charge on any atom is -0.496 e. The fourth-order valence-corrected chi connectivity index (χ4v) is 3.33. The van der Waals surface area contributed by atoms with Gasteiger partial charge < -0.3 is 4.74 Å². The molecule has 0 amide bonds. The molecular weight excluding hydrogens is 266 g/mol. The van der Waals surface area contributed by atoms with Crippen molar-refractivity contribution >= 4 is 34.1 Å². The van der Waals surface area contributed by atoms with Crippen LogP contribution in [0.3, 0.4) is 0 Å². The molecule has 1 aromatic carbocycles. The first-order chi connectivity index (χ1) is 8.76. The molecule has 0 aliphatic heterocycles. The average molecular weight is 282 g/mol. The molecule has 2 aromatic rings. The second-order valence-electron chi connectivity index (χ2n) is 4.08. The number of aromatic nitrogens is 1. The Morgan fingerprint density at radius 1 is 1.33 bits per heavy atom. The van der Waals surface area contributed by atoms with E-state index in [-0.39, 0.29) is 0 Å². The maximum Gasteiger partial charge on any atom is 0.126 e. The second kappa shape index (κ2) is 6.30. The molecule has 1 unspecified atom stereocenters. The van der Waals surface area contributed by atoms with Gasteiger partial charge in [-0.25, -0.2) is 4.98 Å². The molecule has 0 aliphatic carbocycles. The van der Waals surface area contributed by atoms with Crippen molar-refractivity contribution in [2.75, 3.05) is 13.0 Å². The minimum absolute atomic E-state index is 0.465. The first-order valence-electron chi connectivity index (χ1n) is 5.90. The van der Waals surface area contributed by atoms with Crippen LogP contribution in [-0.4, -0.2) is 23.2 Å². The van der Waals surface area contributed by atoms with Gasteiger partial charge in [0.05, 0.1) is 7.11 Å². The highest BCUT2D eigenvalue weighted by Crippen LogP contribution is 2.33. The van der Waals surface area contributed by atoms with Crippen molar-refractivity contribution in [3.63, 3.8) is 0 Å². The number of pyridine rings is 1. The third-order valence-corrected chi connectivity index (χ3v) is 4.18. The number of rotatable bonds is 5. The predicted molar refractivity (Wildman–Crippen MR) is 79.0 cm³/mol. The summed E-state index contributed by atoms with van der Waals surface area (Å²) in [5.74, 6) is 1.57. The van der Waals surface area contributed by atoms with Gasteiger partial charge in [-0.3, -0.25) is 0 Å². The Labute approximate surface area is 117 Å². The van der Waals surface area contributed by atoms with Crippen molar-refractivity contribution in [3.8, 4) is 5.75 Å². The number of thioether (sulfide) groups is 1. The maximum absolute atomic E-state index is 5.77. The molecule has 2 rings (SSSR count). The summed E-state index contributed by atoms with van der Waals surface area (Å²) >= 11 is 7.54. The number of fused-ring (bicyclic) bond motifs is 1. The summed E-state index contributed by atoms with van der Waals surface area (Å²) in [6.07, 6.45) is 2.81. The fraction of sp³-hybridized carbons (Fsp3) is 0.357. The molecule has 1 atom stereocenters. The summed E-state index contributed by atoms with van der Waals surface area (Å²) in [4.78, 5) is 4.47. The van der Waals surface area contributed by atoms with Crippen molar-refractivity contribution < 1.29 is 4.74 Å². The lowest BCUT2D eigenvalue weighted by molar-refractivity contribution is 0.419. The van der Waals surface area contributed by atoms with Gasteiger partial charge >= 0.3 is 0 Å². The molecule has 0 saturated carbocycles. The van der Waals surface area contributed by atoms with Crippen LogP contribution >= 0.6 is 23.4 Å². The standard InChI is InChI=1S/C14H16ClNOS/c1-10(6-8-15)18-14-12-4-3-5-13(17-2)11(12)7-9-16-14/h3-5,7,9-10H,6,8H2,1-2H3. The van der Waals surface area contributed by atoms with E-state index in [9.17, 15) is 0 Å². The first kappa shape index (κ1) is 13.5. The van der Waals surface area contributed by atoms with Gasteiger partial charge in [0.1, 0.15) is 10.8 Å². The molecule has 1 aromatic heterocycles. The highest BCUT2D eigenvalue weighted by atomic mass is 35.5. The van der Waals surface area contributed by atoms with E-state index in [0.717, 1.165) is 28.0 Å². The van der Waals surface area contributed by atoms with E-state index in [4.69, 9.17) is 16.3 Å². The molecule has 0 bridgehead atoms. The number of ether oxygens (including phenoxy) is 1. The molecule has 4 heteroatoms. The number of hydrogen-bond acceptors (Lipinski definition) is 3. The number of methoxy groups -OCH3 is 1. The minimum atomic E-state index is 0.465. The molecule has 96 valence electrons. The monoisotopic (exact) mass is 281 g/mol. The quantitative estimate of drug-likeness (QED) is 0.601. The second-order valence-corrected chi connectivity index (χ2v) is 5.88. The van der Waals surface area contributed by atoms with Crippen LogP contribution in [0, 0.1) is 0 Å². The lowest BCUT2D eigenvalue weighted by Gasteiger charge is -2.12. The molecule has 0 radical (unpaired) electrons. The summed E-state index contributed by atoms with van der Waals surface area (Å²) in [6, 6.07) is 8.04. The van der Waals surface area contributed by atoms with Crippen LogP contribution < -0.4 is 4.74 Å². The van der Waals surface area contributed by atoms with E-state index < -0.39 is 0 Å². The van der Waals surface area contributed by atoms with Crippen molar-refractivity contribution in [1.29, 1.82) is 0 Å². The summed E-state index contributed by atoms with van der Waals surface area (Å²) in [6.45, 7) is 2.17. The lowest BCUT2D eigenvalue weighted by atomic mass is 10.1. The van der Waals surface area contributed by atoms with Gasteiger partial charge in [-0.1, -0.05) is 19.1 Å². The average Bonchev–Trinajstić information content (AvgIpc) is 2.38. The van der Waals surface area contributed by atoms with Gasteiger partial charge in [0, 0.05) is 28.1 Å². The third-order valence-electron chi connectivity index (χ3n) is 2.78. The Kier molecular flexibility index (Phi) is 4.72. The van der Waals surface area contributed by atoms with Crippen LogP contribution in [0.4, 0.5) is 0 Å². The van der Waals surface area contributed by atoms with Crippen LogP contribution in [0.25, 0.3) is 10.8 Å². The van der Waals surface area contributed by atoms with Crippen LogP contribution in [0.15, 0.2) is 35.5 Å². The van der Waals surface area contributed by atoms with Gasteiger partial charge in [0.15, 0.2) is 0 Å². The van der Waals surface area contributed by atoms with Crippen LogP contribution in [0.1, 0.15) is 13.3 Å². The van der Waals surface area contributed by atoms with E-state index in [1.165, 1.54) is 0 Å². The molecular formula is C14H16ClNOS. The summed E-state index contributed by atoms with van der Waals surface area (Å²) < 4.78 is 5.38. The zero-order valence-corrected chi connectivity index (χ0v) is 12.1. The van der Waals surface area contributed by atoms with E-state index in [2.05, 4.69) is 18.0 Å². The Hall–Kier alpha value is -0.930. The van der Waals surface area contributed by atoms with Crippen LogP contribution in [0.5, 0.6) is 5.75 Å². The van der Waals surface area contributed by atoms with E-state index in [1.54, 1.807) is 18.9 Å². The Balaban J connectivity index is 2.39. The molecule has 1 heterocycles. The highest BCUT2D eigenvalue weighted by molar-refractivity contribution is 8.00. The molecule has 0 spiro atoms. The summed E-state index contributed by atoms with van der Waals surface area (Å²) in [7, 11) is 1.69. The van der Waals surface area contributed by atoms with Gasteiger partial charge in [-0.15, -0.1) is 23.4 Å². The Morgan fingerprint density at radius 2 is 2.17 bits per heavy atom. The van der Waals surface area contributed by atoms with Crippen molar-refractivity contribution in [1.82, 2.24) is 4.98 Å². The molecule has 0 N–H and O–H groups in total. The first-order valence-corrected chi connectivity index (χ1v) is 7.32. The van der Waals surface area contributed by atoms with E-state index >= 15 is 0 Å². The zero-order valence-electron chi connectivity index (χ0n) is 10.5. The number of hydrogen-bond donors (Lipinski definition) is 0. The summed E-state index contributed by atoms with van der Waals surface area (Å²) in [5, 5.41) is 3.76. The van der Waals surface area contributed by atoms with Crippen LogP contribution in [-0.2, 0) is 0 Å². The highest BCUT2D eigenvalue weighted by Gasteiger charge is 2.10. The van der Waals surface area contributed by atoms with Crippen LogP contribution in [0.2, 0.25) is 0 Å². The molecule has 18 heavy (non-hydrogen) atoms. The van der Waals surface area contributed by atoms with Gasteiger partial charge in [-0.05, 0) is 18.6 Å². The van der Waals surface area contributed by atoms with Gasteiger partial charge in [0.2, 0.25) is 0 Å². The van der Waals surface area contributed by atoms with E-state index in [0.29, 0.717) is 11.1 Å². The normalized spacial score (nSPS) is 12.6. The SMILES string of the molecule is COc1cccc2c(SC(C)CCCl)nccc12. The predicted octanol–water partition coefficient (Wildman–Crippen LogP) is 4.35. The van der Waals surface area contributed by atoms with Gasteiger partial charge in [-0.2, -0.15) is 0 Å². The van der Waals surface area contributed by atoms with E-state index in [1.807, 2.05) is 24.4 Å². The molecule has 0 aliphatic rings. The molecule has 2 nitrogen and oxygen atoms in total. The molecule has 0 fully saturated rings. The maximum atomic E-state index is 5.77. The number of alkyl halides is 1.